The van der Waals surface area contributed by atoms with Crippen LogP contribution in [0, 0.1) is 0 Å². The van der Waals surface area contributed by atoms with Gasteiger partial charge in [0, 0.05) is 11.6 Å². The van der Waals surface area contributed by atoms with Crippen molar-refractivity contribution in [1.82, 2.24) is 4.98 Å². The normalized spacial score (nSPS) is 19.8. The molecular formula is C26H24N3O2+. The van der Waals surface area contributed by atoms with E-state index in [1.165, 1.54) is 0 Å². The Morgan fingerprint density at radius 2 is 1.61 bits per heavy atom. The van der Waals surface area contributed by atoms with Gasteiger partial charge in [-0.1, -0.05) is 65.6 Å². The monoisotopic (exact) mass is 410 g/mol. The van der Waals surface area contributed by atoms with Crippen molar-refractivity contribution < 1.29 is 14.4 Å². The van der Waals surface area contributed by atoms with Crippen molar-refractivity contribution in [2.24, 2.45) is 0 Å². The van der Waals surface area contributed by atoms with E-state index in [-0.39, 0.29) is 6.04 Å². The summed E-state index contributed by atoms with van der Waals surface area (Å²) in [6.07, 6.45) is 3.76. The van der Waals surface area contributed by atoms with E-state index in [2.05, 4.69) is 33.8 Å². The molecule has 5 rings (SSSR count). The van der Waals surface area contributed by atoms with E-state index in [9.17, 15) is 5.11 Å². The van der Waals surface area contributed by atoms with Crippen molar-refractivity contribution in [3.05, 3.63) is 120 Å². The summed E-state index contributed by atoms with van der Waals surface area (Å²) in [5.41, 5.74) is 1.55. The van der Waals surface area contributed by atoms with Crippen LogP contribution < -0.4 is 14.2 Å². The summed E-state index contributed by atoms with van der Waals surface area (Å²) < 4.78 is 7.41. The highest BCUT2D eigenvalue weighted by Crippen LogP contribution is 2.45. The average Bonchev–Trinajstić information content (AvgIpc) is 3.09. The molecule has 5 nitrogen and oxygen atoms in total. The van der Waals surface area contributed by atoms with Gasteiger partial charge in [-0.05, 0) is 35.4 Å². The fourth-order valence-corrected chi connectivity index (χ4v) is 4.41. The Bertz CT molecular complexity index is 1170. The van der Waals surface area contributed by atoms with E-state index in [0.717, 1.165) is 28.4 Å². The Kier molecular flexibility index (Phi) is 4.88. The van der Waals surface area contributed by atoms with Gasteiger partial charge < -0.3 is 9.84 Å². The zero-order valence-electron chi connectivity index (χ0n) is 17.3. The SMILES string of the molecule is COc1ccc(C2(O)C(c3ccccc3)[n+]3cccnc3N2Cc2ccccc2)cc1. The number of benzene rings is 3. The first kappa shape index (κ1) is 19.3. The van der Waals surface area contributed by atoms with Crippen LogP contribution in [0.25, 0.3) is 0 Å². The van der Waals surface area contributed by atoms with E-state index >= 15 is 0 Å². The Labute approximate surface area is 181 Å². The number of hydrogen-bond acceptors (Lipinski definition) is 4. The van der Waals surface area contributed by atoms with Crippen molar-refractivity contribution in [2.75, 3.05) is 12.0 Å². The summed E-state index contributed by atoms with van der Waals surface area (Å²) >= 11 is 0. The zero-order chi connectivity index (χ0) is 21.3. The number of hydrogen-bond donors (Lipinski definition) is 1. The minimum atomic E-state index is -1.34. The molecule has 2 atom stereocenters. The molecule has 1 aromatic heterocycles. The maximum Gasteiger partial charge on any atom is 0.397 e. The second kappa shape index (κ2) is 7.85. The predicted octanol–water partition coefficient (Wildman–Crippen LogP) is 3.83. The Balaban J connectivity index is 1.72. The number of rotatable bonds is 5. The summed E-state index contributed by atoms with van der Waals surface area (Å²) in [5, 5.41) is 12.5. The van der Waals surface area contributed by atoms with Crippen molar-refractivity contribution in [3.63, 3.8) is 0 Å². The van der Waals surface area contributed by atoms with Crippen molar-refractivity contribution in [2.45, 2.75) is 18.3 Å². The van der Waals surface area contributed by atoms with Crippen molar-refractivity contribution in [1.29, 1.82) is 0 Å². The third-order valence-corrected chi connectivity index (χ3v) is 5.88. The molecular weight excluding hydrogens is 386 g/mol. The molecule has 1 N–H and O–H groups in total. The molecule has 0 fully saturated rings. The Morgan fingerprint density at radius 3 is 2.29 bits per heavy atom. The molecule has 0 bridgehead atoms. The van der Waals surface area contributed by atoms with Crippen molar-refractivity contribution in [3.8, 4) is 5.75 Å². The molecule has 4 aromatic rings. The van der Waals surface area contributed by atoms with Gasteiger partial charge in [0.05, 0.1) is 19.9 Å². The van der Waals surface area contributed by atoms with Crippen LogP contribution in [-0.4, -0.2) is 17.2 Å². The van der Waals surface area contributed by atoms with Crippen LogP contribution in [0.4, 0.5) is 5.95 Å². The van der Waals surface area contributed by atoms with E-state index in [0.29, 0.717) is 6.54 Å². The fraction of sp³-hybridized carbons (Fsp3) is 0.154. The van der Waals surface area contributed by atoms with Crippen LogP contribution in [0.2, 0.25) is 0 Å². The lowest BCUT2D eigenvalue weighted by Gasteiger charge is -2.33. The number of nitrogens with zero attached hydrogens (tertiary/aromatic N) is 3. The lowest BCUT2D eigenvalue weighted by Crippen LogP contribution is -2.50. The predicted molar refractivity (Wildman–Crippen MR) is 119 cm³/mol. The van der Waals surface area contributed by atoms with E-state index in [1.807, 2.05) is 77.8 Å². The molecule has 2 heterocycles. The second-order valence-corrected chi connectivity index (χ2v) is 7.67. The van der Waals surface area contributed by atoms with Gasteiger partial charge in [0.15, 0.2) is 6.04 Å². The highest BCUT2D eigenvalue weighted by molar-refractivity contribution is 5.45. The molecule has 1 aliphatic heterocycles. The molecule has 3 aromatic carbocycles. The summed E-state index contributed by atoms with van der Waals surface area (Å²) in [7, 11) is 1.64. The molecule has 1 aliphatic rings. The molecule has 0 amide bonds. The lowest BCUT2D eigenvalue weighted by molar-refractivity contribution is -0.703. The fourth-order valence-electron chi connectivity index (χ4n) is 4.41. The number of fused-ring (bicyclic) bond motifs is 1. The van der Waals surface area contributed by atoms with Gasteiger partial charge in [0.1, 0.15) is 11.9 Å². The van der Waals surface area contributed by atoms with Gasteiger partial charge >= 0.3 is 5.95 Å². The zero-order valence-corrected chi connectivity index (χ0v) is 17.3. The third kappa shape index (κ3) is 3.23. The van der Waals surface area contributed by atoms with Crippen LogP contribution >= 0.6 is 0 Å². The second-order valence-electron chi connectivity index (χ2n) is 7.67. The molecule has 0 aliphatic carbocycles. The molecule has 5 heteroatoms. The molecule has 0 saturated carbocycles. The highest BCUT2D eigenvalue weighted by atomic mass is 16.5. The average molecular weight is 410 g/mol. The summed E-state index contributed by atoms with van der Waals surface area (Å²) in [6.45, 7) is 0.518. The van der Waals surface area contributed by atoms with Gasteiger partial charge in [0.2, 0.25) is 0 Å². The van der Waals surface area contributed by atoms with Crippen LogP contribution in [0.15, 0.2) is 103 Å². The summed E-state index contributed by atoms with van der Waals surface area (Å²) in [6, 6.07) is 29.4. The number of aromatic nitrogens is 2. The van der Waals surface area contributed by atoms with Crippen LogP contribution in [0.3, 0.4) is 0 Å². The largest absolute Gasteiger partial charge is 0.497 e. The van der Waals surface area contributed by atoms with Gasteiger partial charge in [-0.25, -0.2) is 9.47 Å². The lowest BCUT2D eigenvalue weighted by atomic mass is 9.89. The smallest absolute Gasteiger partial charge is 0.397 e. The first-order valence-corrected chi connectivity index (χ1v) is 10.3. The maximum absolute atomic E-state index is 12.5. The maximum atomic E-state index is 12.5. The van der Waals surface area contributed by atoms with Crippen LogP contribution in [0.1, 0.15) is 22.7 Å². The van der Waals surface area contributed by atoms with E-state index in [1.54, 1.807) is 13.3 Å². The quantitative estimate of drug-likeness (QED) is 0.508. The molecule has 0 radical (unpaired) electrons. The number of aliphatic hydroxyl groups is 1. The standard InChI is InChI=1S/C26H24N3O2/c1-31-23-15-13-22(14-16-23)26(30)24(21-11-6-3-7-12-21)28-18-8-17-27-25(28)29(26)19-20-9-4-2-5-10-20/h2-18,24,30H,19H2,1H3/q+1. The molecule has 154 valence electrons. The topological polar surface area (TPSA) is 49.5 Å². The Morgan fingerprint density at radius 1 is 0.935 bits per heavy atom. The van der Waals surface area contributed by atoms with Crippen molar-refractivity contribution >= 4 is 5.95 Å². The number of ether oxygens (including phenoxy) is 1. The third-order valence-electron chi connectivity index (χ3n) is 5.88. The van der Waals surface area contributed by atoms with E-state index < -0.39 is 5.72 Å². The van der Waals surface area contributed by atoms with Crippen LogP contribution in [-0.2, 0) is 12.3 Å². The first-order valence-electron chi connectivity index (χ1n) is 10.3. The summed E-state index contributed by atoms with van der Waals surface area (Å²) in [5.74, 6) is 1.47. The highest BCUT2D eigenvalue weighted by Gasteiger charge is 2.59. The van der Waals surface area contributed by atoms with Gasteiger partial charge in [-0.3, -0.25) is 0 Å². The minimum Gasteiger partial charge on any atom is -0.497 e. The van der Waals surface area contributed by atoms with E-state index in [4.69, 9.17) is 4.74 Å². The summed E-state index contributed by atoms with van der Waals surface area (Å²) in [4.78, 5) is 6.66. The molecule has 0 saturated heterocycles. The van der Waals surface area contributed by atoms with Crippen LogP contribution in [0.5, 0.6) is 5.75 Å². The molecule has 0 spiro atoms. The first-order chi connectivity index (χ1) is 15.2. The minimum absolute atomic E-state index is 0.366. The number of anilines is 1. The molecule has 31 heavy (non-hydrogen) atoms. The Hall–Kier alpha value is -3.70. The van der Waals surface area contributed by atoms with Gasteiger partial charge in [0.25, 0.3) is 5.72 Å². The van der Waals surface area contributed by atoms with Gasteiger partial charge in [-0.15, -0.1) is 0 Å². The number of methoxy groups -OCH3 is 1. The molecule has 2 unspecified atom stereocenters. The van der Waals surface area contributed by atoms with Gasteiger partial charge in [-0.2, -0.15) is 0 Å².